The number of Topliss-reactive ketones (excluding diaryl/α,β-unsaturated/α-hetero) is 1. The normalized spacial score (nSPS) is 17.5. The topological polar surface area (TPSA) is 58.6 Å². The summed E-state index contributed by atoms with van der Waals surface area (Å²) in [7, 11) is 0. The summed E-state index contributed by atoms with van der Waals surface area (Å²) in [6.45, 7) is 14.6. The van der Waals surface area contributed by atoms with E-state index in [9.17, 15) is 4.79 Å². The van der Waals surface area contributed by atoms with Crippen LogP contribution >= 0.6 is 0 Å². The van der Waals surface area contributed by atoms with Crippen LogP contribution in [0.5, 0.6) is 0 Å². The minimum absolute atomic E-state index is 0.0197. The van der Waals surface area contributed by atoms with Crippen molar-refractivity contribution in [1.82, 2.24) is 15.0 Å². The largest absolute Gasteiger partial charge is 0.342 e. The number of carbonyl (C=O) groups is 1. The van der Waals surface area contributed by atoms with E-state index in [2.05, 4.69) is 49.2 Å². The lowest BCUT2D eigenvalue weighted by atomic mass is 9.71. The van der Waals surface area contributed by atoms with Crippen LogP contribution in [0.15, 0.2) is 54.0 Å². The van der Waals surface area contributed by atoms with Gasteiger partial charge in [0.15, 0.2) is 5.78 Å². The Hall–Kier alpha value is -2.75. The number of aromatic amines is 1. The summed E-state index contributed by atoms with van der Waals surface area (Å²) in [6, 6.07) is 3.90. The number of H-pyrrole nitrogens is 1. The fourth-order valence-corrected chi connectivity index (χ4v) is 4.11. The number of ketones is 1. The molecule has 0 aromatic carbocycles. The number of allylic oxidation sites excluding steroid dienone is 5. The Morgan fingerprint density at radius 3 is 2.57 bits per heavy atom. The number of hydrogen-bond donors (Lipinski definition) is 1. The van der Waals surface area contributed by atoms with Crippen molar-refractivity contribution in [2.24, 2.45) is 5.41 Å². The predicted molar refractivity (Wildman–Crippen MR) is 115 cm³/mol. The molecule has 3 rings (SSSR count). The van der Waals surface area contributed by atoms with E-state index in [0.717, 1.165) is 57.8 Å². The molecule has 0 aliphatic heterocycles. The summed E-state index contributed by atoms with van der Waals surface area (Å²) < 4.78 is 0. The maximum absolute atomic E-state index is 13.3. The van der Waals surface area contributed by atoms with Crippen LogP contribution in [-0.4, -0.2) is 20.7 Å². The molecule has 0 spiro atoms. The standard InChI is InChI=1S/C24H29N3O/c1-7-18-14-26-23(27-18)20(15(2)3)22(17-9-8-10-25-13-17)21-16(4)11-24(5,6)12-19(21)28/h8-10,13-14H,2,7,11-12H2,1,3-6H3,(H,26,27)/b22-20+. The van der Waals surface area contributed by atoms with E-state index >= 15 is 0 Å². The minimum atomic E-state index is -0.0197. The van der Waals surface area contributed by atoms with Crippen molar-refractivity contribution in [2.45, 2.75) is 53.9 Å². The molecule has 0 saturated heterocycles. The molecule has 0 unspecified atom stereocenters. The molecule has 2 aromatic rings. The SMILES string of the molecule is C=C(C)/C(=C(\C1=C(C)CC(C)(C)CC1=O)c1cccnc1)c1ncc(CC)[nH]1. The summed E-state index contributed by atoms with van der Waals surface area (Å²) in [5.41, 5.74) is 6.49. The molecule has 0 bridgehead atoms. The molecule has 4 nitrogen and oxygen atoms in total. The molecule has 146 valence electrons. The smallest absolute Gasteiger partial charge is 0.164 e. The minimum Gasteiger partial charge on any atom is -0.342 e. The summed E-state index contributed by atoms with van der Waals surface area (Å²) >= 11 is 0. The Balaban J connectivity index is 2.35. The van der Waals surface area contributed by atoms with Gasteiger partial charge in [0.25, 0.3) is 0 Å². The molecule has 0 fully saturated rings. The second-order valence-electron chi connectivity index (χ2n) is 8.48. The Morgan fingerprint density at radius 2 is 2.04 bits per heavy atom. The molecule has 4 heteroatoms. The Morgan fingerprint density at radius 1 is 1.29 bits per heavy atom. The van der Waals surface area contributed by atoms with Crippen molar-refractivity contribution in [1.29, 1.82) is 0 Å². The molecule has 0 amide bonds. The lowest BCUT2D eigenvalue weighted by molar-refractivity contribution is -0.117. The number of pyridine rings is 1. The highest BCUT2D eigenvalue weighted by Crippen LogP contribution is 2.44. The lowest BCUT2D eigenvalue weighted by Crippen LogP contribution is -2.26. The second kappa shape index (κ2) is 7.70. The van der Waals surface area contributed by atoms with Gasteiger partial charge in [-0.25, -0.2) is 4.98 Å². The maximum Gasteiger partial charge on any atom is 0.164 e. The summed E-state index contributed by atoms with van der Waals surface area (Å²) in [4.78, 5) is 25.6. The van der Waals surface area contributed by atoms with Crippen LogP contribution in [0.3, 0.4) is 0 Å². The van der Waals surface area contributed by atoms with Gasteiger partial charge in [0.1, 0.15) is 5.82 Å². The molecular formula is C24H29N3O. The van der Waals surface area contributed by atoms with Gasteiger partial charge in [0, 0.05) is 53.0 Å². The monoisotopic (exact) mass is 375 g/mol. The van der Waals surface area contributed by atoms with Crippen molar-refractivity contribution in [3.8, 4) is 0 Å². The average molecular weight is 376 g/mol. The fourth-order valence-electron chi connectivity index (χ4n) is 4.11. The first-order valence-electron chi connectivity index (χ1n) is 9.81. The summed E-state index contributed by atoms with van der Waals surface area (Å²) in [6.07, 6.45) is 7.70. The predicted octanol–water partition coefficient (Wildman–Crippen LogP) is 5.56. The molecule has 2 heterocycles. The van der Waals surface area contributed by atoms with E-state index in [-0.39, 0.29) is 11.2 Å². The van der Waals surface area contributed by atoms with Gasteiger partial charge in [-0.15, -0.1) is 0 Å². The van der Waals surface area contributed by atoms with Crippen LogP contribution in [0, 0.1) is 5.41 Å². The van der Waals surface area contributed by atoms with Crippen LogP contribution in [-0.2, 0) is 11.2 Å². The van der Waals surface area contributed by atoms with Crippen LogP contribution in [0.2, 0.25) is 0 Å². The molecule has 0 radical (unpaired) electrons. The molecule has 28 heavy (non-hydrogen) atoms. The zero-order valence-electron chi connectivity index (χ0n) is 17.5. The Bertz CT molecular complexity index is 974. The van der Waals surface area contributed by atoms with Crippen molar-refractivity contribution in [2.75, 3.05) is 0 Å². The number of nitrogens with zero attached hydrogens (tertiary/aromatic N) is 2. The Labute approximate surface area is 167 Å². The highest BCUT2D eigenvalue weighted by molar-refractivity contribution is 6.18. The third-order valence-electron chi connectivity index (χ3n) is 5.21. The van der Waals surface area contributed by atoms with Crippen LogP contribution < -0.4 is 0 Å². The summed E-state index contributed by atoms with van der Waals surface area (Å²) in [5, 5.41) is 0. The van der Waals surface area contributed by atoms with Crippen LogP contribution in [0.4, 0.5) is 0 Å². The summed E-state index contributed by atoms with van der Waals surface area (Å²) in [5.74, 6) is 0.926. The highest BCUT2D eigenvalue weighted by atomic mass is 16.1. The van der Waals surface area contributed by atoms with E-state index in [4.69, 9.17) is 0 Å². The quantitative estimate of drug-likeness (QED) is 0.696. The van der Waals surface area contributed by atoms with Gasteiger partial charge in [-0.05, 0) is 43.7 Å². The molecular weight excluding hydrogens is 346 g/mol. The molecule has 0 saturated carbocycles. The zero-order valence-corrected chi connectivity index (χ0v) is 17.5. The molecule has 1 N–H and O–H groups in total. The van der Waals surface area contributed by atoms with Crippen LogP contribution in [0.25, 0.3) is 11.1 Å². The number of rotatable bonds is 5. The molecule has 0 atom stereocenters. The average Bonchev–Trinajstić information content (AvgIpc) is 3.08. The third-order valence-corrected chi connectivity index (χ3v) is 5.21. The van der Waals surface area contributed by atoms with Gasteiger partial charge in [0.05, 0.1) is 0 Å². The molecule has 1 aliphatic rings. The van der Waals surface area contributed by atoms with Crippen molar-refractivity contribution >= 4 is 16.9 Å². The number of hydrogen-bond acceptors (Lipinski definition) is 3. The fraction of sp³-hybridized carbons (Fsp3) is 0.375. The Kier molecular flexibility index (Phi) is 5.50. The van der Waals surface area contributed by atoms with Gasteiger partial charge < -0.3 is 4.98 Å². The van der Waals surface area contributed by atoms with Gasteiger partial charge in [-0.2, -0.15) is 0 Å². The van der Waals surface area contributed by atoms with Gasteiger partial charge in [0.2, 0.25) is 0 Å². The van der Waals surface area contributed by atoms with E-state index in [0.29, 0.717) is 6.42 Å². The van der Waals surface area contributed by atoms with Crippen molar-refractivity contribution < 1.29 is 4.79 Å². The van der Waals surface area contributed by atoms with Gasteiger partial charge in [-0.1, -0.05) is 39.0 Å². The van der Waals surface area contributed by atoms with E-state index in [1.165, 1.54) is 0 Å². The number of aromatic nitrogens is 3. The first-order valence-corrected chi connectivity index (χ1v) is 9.81. The number of carbonyl (C=O) groups excluding carboxylic acids is 1. The number of imidazole rings is 1. The van der Waals surface area contributed by atoms with Gasteiger partial charge >= 0.3 is 0 Å². The lowest BCUT2D eigenvalue weighted by Gasteiger charge is -2.32. The van der Waals surface area contributed by atoms with Crippen molar-refractivity contribution in [3.63, 3.8) is 0 Å². The third kappa shape index (κ3) is 3.91. The first kappa shape index (κ1) is 20.0. The van der Waals surface area contributed by atoms with Crippen LogP contribution in [0.1, 0.15) is 64.5 Å². The molecule has 1 aliphatic carbocycles. The second-order valence-corrected chi connectivity index (χ2v) is 8.48. The van der Waals surface area contributed by atoms with E-state index in [1.54, 1.807) is 6.20 Å². The van der Waals surface area contributed by atoms with Gasteiger partial charge in [-0.3, -0.25) is 9.78 Å². The number of nitrogens with one attached hydrogen (secondary N) is 1. The highest BCUT2D eigenvalue weighted by Gasteiger charge is 2.34. The maximum atomic E-state index is 13.3. The molecule has 2 aromatic heterocycles. The number of aryl methyl sites for hydroxylation is 1. The zero-order chi connectivity index (χ0) is 20.5. The first-order chi connectivity index (χ1) is 13.2. The van der Waals surface area contributed by atoms with Crippen molar-refractivity contribution in [3.05, 3.63) is 71.1 Å². The van der Waals surface area contributed by atoms with E-state index in [1.807, 2.05) is 31.5 Å². The van der Waals surface area contributed by atoms with E-state index < -0.39 is 0 Å².